The van der Waals surface area contributed by atoms with Gasteiger partial charge in [-0.05, 0) is 43.4 Å². The molecule has 3 aromatic rings. The number of benzene rings is 1. The molecule has 7 heteroatoms. The number of unbranched alkanes of at least 4 members (excludes halogenated alkanes) is 2. The molecule has 29 heavy (non-hydrogen) atoms. The Morgan fingerprint density at radius 2 is 1.86 bits per heavy atom. The molecule has 1 aromatic carbocycles. The highest BCUT2D eigenvalue weighted by Gasteiger charge is 2.13. The third-order valence-electron chi connectivity index (χ3n) is 4.66. The van der Waals surface area contributed by atoms with Crippen molar-refractivity contribution in [3.63, 3.8) is 0 Å². The van der Waals surface area contributed by atoms with Crippen LogP contribution in [-0.4, -0.2) is 30.3 Å². The van der Waals surface area contributed by atoms with Gasteiger partial charge in [-0.25, -0.2) is 0 Å². The van der Waals surface area contributed by atoms with Gasteiger partial charge in [0.15, 0.2) is 11.0 Å². The SMILES string of the molecule is CC(C)CCn1c(COc2ccccc2)nnc1SCCCCCn1cccn1. The van der Waals surface area contributed by atoms with Gasteiger partial charge in [-0.3, -0.25) is 4.68 Å². The lowest BCUT2D eigenvalue weighted by molar-refractivity contribution is 0.285. The van der Waals surface area contributed by atoms with Crippen LogP contribution >= 0.6 is 11.8 Å². The summed E-state index contributed by atoms with van der Waals surface area (Å²) in [7, 11) is 0. The molecule has 0 saturated heterocycles. The van der Waals surface area contributed by atoms with Crippen molar-refractivity contribution in [1.82, 2.24) is 24.5 Å². The number of rotatable bonds is 13. The number of ether oxygens (including phenoxy) is 1. The predicted molar refractivity (Wildman–Crippen MR) is 117 cm³/mol. The van der Waals surface area contributed by atoms with Crippen LogP contribution in [0, 0.1) is 5.92 Å². The van der Waals surface area contributed by atoms with E-state index < -0.39 is 0 Å². The molecule has 2 heterocycles. The normalized spacial score (nSPS) is 11.3. The van der Waals surface area contributed by atoms with E-state index in [0.717, 1.165) is 48.4 Å². The van der Waals surface area contributed by atoms with E-state index in [9.17, 15) is 0 Å². The van der Waals surface area contributed by atoms with Crippen molar-refractivity contribution in [1.29, 1.82) is 0 Å². The van der Waals surface area contributed by atoms with E-state index in [1.165, 1.54) is 12.8 Å². The number of hydrogen-bond donors (Lipinski definition) is 0. The van der Waals surface area contributed by atoms with Crippen molar-refractivity contribution in [2.45, 2.75) is 64.4 Å². The van der Waals surface area contributed by atoms with E-state index in [4.69, 9.17) is 4.74 Å². The Labute approximate surface area is 177 Å². The summed E-state index contributed by atoms with van der Waals surface area (Å²) in [6.45, 7) is 6.86. The van der Waals surface area contributed by atoms with Crippen LogP contribution in [0.15, 0.2) is 53.9 Å². The van der Waals surface area contributed by atoms with Crippen LogP contribution in [0.3, 0.4) is 0 Å². The van der Waals surface area contributed by atoms with Gasteiger partial charge in [-0.1, -0.05) is 50.2 Å². The van der Waals surface area contributed by atoms with E-state index in [2.05, 4.69) is 33.7 Å². The fraction of sp³-hybridized carbons (Fsp3) is 0.500. The quantitative estimate of drug-likeness (QED) is 0.289. The first-order valence-electron chi connectivity index (χ1n) is 10.4. The van der Waals surface area contributed by atoms with Gasteiger partial charge in [-0.2, -0.15) is 5.10 Å². The van der Waals surface area contributed by atoms with E-state index in [1.807, 2.05) is 53.5 Å². The fourth-order valence-electron chi connectivity index (χ4n) is 2.96. The maximum absolute atomic E-state index is 5.90. The van der Waals surface area contributed by atoms with Gasteiger partial charge in [0.25, 0.3) is 0 Å². The van der Waals surface area contributed by atoms with Gasteiger partial charge in [0, 0.05) is 31.2 Å². The lowest BCUT2D eigenvalue weighted by Gasteiger charge is -2.12. The summed E-state index contributed by atoms with van der Waals surface area (Å²) in [4.78, 5) is 0. The second-order valence-corrected chi connectivity index (χ2v) is 8.58. The predicted octanol–water partition coefficient (Wildman–Crippen LogP) is 5.06. The van der Waals surface area contributed by atoms with Gasteiger partial charge in [0.1, 0.15) is 12.4 Å². The molecule has 0 unspecified atom stereocenters. The average Bonchev–Trinajstić information content (AvgIpc) is 3.38. The van der Waals surface area contributed by atoms with Gasteiger partial charge in [0.2, 0.25) is 0 Å². The molecular formula is C22H31N5OS. The Balaban J connectivity index is 1.49. The molecule has 0 fully saturated rings. The van der Waals surface area contributed by atoms with Crippen LogP contribution in [-0.2, 0) is 19.7 Å². The summed E-state index contributed by atoms with van der Waals surface area (Å²) < 4.78 is 10.1. The lowest BCUT2D eigenvalue weighted by Crippen LogP contribution is -2.10. The number of hydrogen-bond acceptors (Lipinski definition) is 5. The van der Waals surface area contributed by atoms with E-state index in [0.29, 0.717) is 12.5 Å². The van der Waals surface area contributed by atoms with Crippen molar-refractivity contribution in [2.75, 3.05) is 5.75 Å². The highest BCUT2D eigenvalue weighted by molar-refractivity contribution is 7.99. The topological polar surface area (TPSA) is 57.8 Å². The first kappa shape index (κ1) is 21.4. The standard InChI is InChI=1S/C22H31N5OS/c1-19(2)12-16-27-21(18-28-20-10-5-3-6-11-20)24-25-22(27)29-17-8-4-7-14-26-15-9-13-23-26/h3,5-6,9-11,13,15,19H,4,7-8,12,14,16-18H2,1-2H3. The largest absolute Gasteiger partial charge is 0.486 e. The fourth-order valence-corrected chi connectivity index (χ4v) is 3.94. The number of aryl methyl sites for hydroxylation is 1. The molecule has 0 aliphatic heterocycles. The van der Waals surface area contributed by atoms with Crippen LogP contribution in [0.25, 0.3) is 0 Å². The molecule has 0 aliphatic rings. The maximum Gasteiger partial charge on any atom is 0.191 e. The van der Waals surface area contributed by atoms with Gasteiger partial charge < -0.3 is 9.30 Å². The zero-order valence-corrected chi connectivity index (χ0v) is 18.2. The third-order valence-corrected chi connectivity index (χ3v) is 5.71. The van der Waals surface area contributed by atoms with Gasteiger partial charge in [-0.15, -0.1) is 10.2 Å². The molecule has 0 radical (unpaired) electrons. The Hall–Kier alpha value is -2.28. The third kappa shape index (κ3) is 7.24. The number of para-hydroxylation sites is 1. The van der Waals surface area contributed by atoms with Crippen molar-refractivity contribution in [2.24, 2.45) is 5.92 Å². The van der Waals surface area contributed by atoms with Crippen molar-refractivity contribution in [3.8, 4) is 5.75 Å². The molecule has 0 amide bonds. The van der Waals surface area contributed by atoms with E-state index >= 15 is 0 Å². The lowest BCUT2D eigenvalue weighted by atomic mass is 10.1. The molecule has 6 nitrogen and oxygen atoms in total. The van der Waals surface area contributed by atoms with Crippen LogP contribution in [0.4, 0.5) is 0 Å². The Morgan fingerprint density at radius 3 is 2.62 bits per heavy atom. The summed E-state index contributed by atoms with van der Waals surface area (Å²) in [5, 5.41) is 14.1. The average molecular weight is 414 g/mol. The molecule has 0 saturated carbocycles. The van der Waals surface area contributed by atoms with Crippen LogP contribution in [0.5, 0.6) is 5.75 Å². The minimum atomic E-state index is 0.444. The number of aromatic nitrogens is 5. The molecule has 0 aliphatic carbocycles. The summed E-state index contributed by atoms with van der Waals surface area (Å²) in [5.74, 6) is 3.45. The molecule has 0 spiro atoms. The summed E-state index contributed by atoms with van der Waals surface area (Å²) in [5.41, 5.74) is 0. The van der Waals surface area contributed by atoms with Crippen LogP contribution < -0.4 is 4.74 Å². The zero-order valence-electron chi connectivity index (χ0n) is 17.4. The summed E-state index contributed by atoms with van der Waals surface area (Å²) in [6, 6.07) is 11.8. The zero-order chi connectivity index (χ0) is 20.3. The maximum atomic E-state index is 5.90. The summed E-state index contributed by atoms with van der Waals surface area (Å²) in [6.07, 6.45) is 8.46. The summed E-state index contributed by atoms with van der Waals surface area (Å²) >= 11 is 1.80. The molecular weight excluding hydrogens is 382 g/mol. The van der Waals surface area contributed by atoms with E-state index in [1.54, 1.807) is 11.8 Å². The van der Waals surface area contributed by atoms with Crippen LogP contribution in [0.1, 0.15) is 45.4 Å². The minimum Gasteiger partial charge on any atom is -0.486 e. The molecule has 0 N–H and O–H groups in total. The Morgan fingerprint density at radius 1 is 1.00 bits per heavy atom. The molecule has 2 aromatic heterocycles. The molecule has 0 bridgehead atoms. The van der Waals surface area contributed by atoms with Crippen LogP contribution in [0.2, 0.25) is 0 Å². The molecule has 156 valence electrons. The van der Waals surface area contributed by atoms with Crippen molar-refractivity contribution in [3.05, 3.63) is 54.6 Å². The highest BCUT2D eigenvalue weighted by atomic mass is 32.2. The molecule has 3 rings (SSSR count). The van der Waals surface area contributed by atoms with Crippen molar-refractivity contribution < 1.29 is 4.74 Å². The first-order chi connectivity index (χ1) is 14.2. The Kier molecular flexibility index (Phi) is 8.61. The van der Waals surface area contributed by atoms with Crippen molar-refractivity contribution >= 4 is 11.8 Å². The number of thioether (sulfide) groups is 1. The minimum absolute atomic E-state index is 0.444. The van der Waals surface area contributed by atoms with Gasteiger partial charge >= 0.3 is 0 Å². The first-order valence-corrected chi connectivity index (χ1v) is 11.4. The Bertz CT molecular complexity index is 817. The van der Waals surface area contributed by atoms with E-state index in [-0.39, 0.29) is 0 Å². The number of nitrogens with zero attached hydrogens (tertiary/aromatic N) is 5. The second kappa shape index (κ2) is 11.7. The monoisotopic (exact) mass is 413 g/mol. The highest BCUT2D eigenvalue weighted by Crippen LogP contribution is 2.21. The smallest absolute Gasteiger partial charge is 0.191 e. The van der Waals surface area contributed by atoms with Gasteiger partial charge in [0.05, 0.1) is 0 Å². The molecule has 0 atom stereocenters. The second-order valence-electron chi connectivity index (χ2n) is 7.51.